The maximum atomic E-state index is 10.9. The van der Waals surface area contributed by atoms with Crippen molar-refractivity contribution in [2.75, 3.05) is 18.0 Å². The van der Waals surface area contributed by atoms with E-state index in [1.807, 2.05) is 0 Å². The Bertz CT molecular complexity index is 403. The van der Waals surface area contributed by atoms with Crippen LogP contribution in [0.2, 0.25) is 0 Å². The standard InChI is InChI=1S/C15H21NO2/c1-11(2)12-3-5-14(6-4-12)16-9-7-13(8-10-16)15(17)18/h3-6,11,13H,7-10H2,1-2H3,(H,17,18). The first-order valence-corrected chi connectivity index (χ1v) is 6.65. The van der Waals surface area contributed by atoms with Crippen molar-refractivity contribution in [1.82, 2.24) is 0 Å². The molecule has 0 bridgehead atoms. The van der Waals surface area contributed by atoms with E-state index in [1.54, 1.807) is 0 Å². The number of carboxylic acid groups (broad SMARTS) is 1. The van der Waals surface area contributed by atoms with Crippen molar-refractivity contribution >= 4 is 11.7 Å². The molecule has 0 spiro atoms. The highest BCUT2D eigenvalue weighted by Gasteiger charge is 2.24. The lowest BCUT2D eigenvalue weighted by Gasteiger charge is -2.32. The Morgan fingerprint density at radius 3 is 2.22 bits per heavy atom. The van der Waals surface area contributed by atoms with Crippen LogP contribution < -0.4 is 4.90 Å². The maximum absolute atomic E-state index is 10.9. The van der Waals surface area contributed by atoms with Gasteiger partial charge in [-0.3, -0.25) is 4.79 Å². The molecule has 0 saturated carbocycles. The predicted molar refractivity (Wildman–Crippen MR) is 73.1 cm³/mol. The molecule has 3 heteroatoms. The maximum Gasteiger partial charge on any atom is 0.306 e. The first kappa shape index (κ1) is 12.9. The normalized spacial score (nSPS) is 17.2. The Kier molecular flexibility index (Phi) is 3.90. The molecule has 3 nitrogen and oxygen atoms in total. The van der Waals surface area contributed by atoms with Crippen molar-refractivity contribution in [1.29, 1.82) is 0 Å². The van der Waals surface area contributed by atoms with Crippen molar-refractivity contribution in [2.24, 2.45) is 5.92 Å². The second-order valence-electron chi connectivity index (χ2n) is 5.35. The Balaban J connectivity index is 1.99. The van der Waals surface area contributed by atoms with Gasteiger partial charge in [0, 0.05) is 18.8 Å². The van der Waals surface area contributed by atoms with E-state index in [0.717, 1.165) is 25.9 Å². The molecule has 1 N–H and O–H groups in total. The highest BCUT2D eigenvalue weighted by molar-refractivity contribution is 5.70. The minimum absolute atomic E-state index is 0.156. The summed E-state index contributed by atoms with van der Waals surface area (Å²) in [5.41, 5.74) is 2.56. The largest absolute Gasteiger partial charge is 0.481 e. The van der Waals surface area contributed by atoms with Crippen molar-refractivity contribution in [2.45, 2.75) is 32.6 Å². The van der Waals surface area contributed by atoms with Gasteiger partial charge in [-0.1, -0.05) is 26.0 Å². The second-order valence-corrected chi connectivity index (χ2v) is 5.35. The number of carbonyl (C=O) groups is 1. The van der Waals surface area contributed by atoms with Crippen LogP contribution in [-0.2, 0) is 4.79 Å². The first-order chi connectivity index (χ1) is 8.58. The fourth-order valence-corrected chi connectivity index (χ4v) is 2.45. The number of rotatable bonds is 3. The van der Waals surface area contributed by atoms with Crippen LogP contribution >= 0.6 is 0 Å². The molecular weight excluding hydrogens is 226 g/mol. The van der Waals surface area contributed by atoms with Crippen LogP contribution in [0.15, 0.2) is 24.3 Å². The molecule has 1 heterocycles. The molecule has 1 aromatic rings. The Morgan fingerprint density at radius 1 is 1.22 bits per heavy atom. The van der Waals surface area contributed by atoms with Crippen LogP contribution in [0, 0.1) is 5.92 Å². The van der Waals surface area contributed by atoms with Gasteiger partial charge in [-0.15, -0.1) is 0 Å². The molecule has 0 aromatic heterocycles. The molecule has 1 aliphatic heterocycles. The molecule has 1 aliphatic rings. The lowest BCUT2D eigenvalue weighted by atomic mass is 9.96. The van der Waals surface area contributed by atoms with E-state index in [4.69, 9.17) is 5.11 Å². The van der Waals surface area contributed by atoms with Crippen molar-refractivity contribution in [3.05, 3.63) is 29.8 Å². The van der Waals surface area contributed by atoms with Gasteiger partial charge in [0.2, 0.25) is 0 Å². The van der Waals surface area contributed by atoms with Gasteiger partial charge in [-0.25, -0.2) is 0 Å². The molecule has 0 atom stereocenters. The summed E-state index contributed by atoms with van der Waals surface area (Å²) in [6.07, 6.45) is 1.50. The molecule has 0 unspecified atom stereocenters. The topological polar surface area (TPSA) is 40.5 Å². The van der Waals surface area contributed by atoms with Crippen molar-refractivity contribution in [3.8, 4) is 0 Å². The average Bonchev–Trinajstić information content (AvgIpc) is 2.39. The zero-order valence-corrected chi connectivity index (χ0v) is 11.1. The Labute approximate surface area is 108 Å². The van der Waals surface area contributed by atoms with Gasteiger partial charge in [-0.2, -0.15) is 0 Å². The third-order valence-corrected chi connectivity index (χ3v) is 3.77. The predicted octanol–water partition coefficient (Wildman–Crippen LogP) is 3.11. The number of anilines is 1. The minimum atomic E-state index is -0.648. The highest BCUT2D eigenvalue weighted by Crippen LogP contribution is 2.25. The summed E-state index contributed by atoms with van der Waals surface area (Å²) in [7, 11) is 0. The van der Waals surface area contributed by atoms with Gasteiger partial charge < -0.3 is 10.0 Å². The fraction of sp³-hybridized carbons (Fsp3) is 0.533. The van der Waals surface area contributed by atoms with E-state index < -0.39 is 5.97 Å². The lowest BCUT2D eigenvalue weighted by molar-refractivity contribution is -0.142. The summed E-state index contributed by atoms with van der Waals surface area (Å²) in [4.78, 5) is 13.2. The van der Waals surface area contributed by atoms with Crippen molar-refractivity contribution < 1.29 is 9.90 Å². The lowest BCUT2D eigenvalue weighted by Crippen LogP contribution is -2.36. The summed E-state index contributed by atoms with van der Waals surface area (Å²) >= 11 is 0. The zero-order chi connectivity index (χ0) is 13.1. The average molecular weight is 247 g/mol. The van der Waals surface area contributed by atoms with Gasteiger partial charge in [0.05, 0.1) is 5.92 Å². The van der Waals surface area contributed by atoms with Crippen LogP contribution in [0.5, 0.6) is 0 Å². The Morgan fingerprint density at radius 2 is 1.78 bits per heavy atom. The third kappa shape index (κ3) is 2.84. The Hall–Kier alpha value is -1.51. The number of hydrogen-bond acceptors (Lipinski definition) is 2. The molecular formula is C15H21NO2. The van der Waals surface area contributed by atoms with E-state index in [1.165, 1.54) is 11.3 Å². The van der Waals surface area contributed by atoms with Gasteiger partial charge in [0.25, 0.3) is 0 Å². The first-order valence-electron chi connectivity index (χ1n) is 6.65. The van der Waals surface area contributed by atoms with E-state index in [-0.39, 0.29) is 5.92 Å². The molecule has 0 radical (unpaired) electrons. The number of benzene rings is 1. The quantitative estimate of drug-likeness (QED) is 0.892. The molecule has 0 aliphatic carbocycles. The molecule has 0 amide bonds. The van der Waals surface area contributed by atoms with Crippen LogP contribution in [0.4, 0.5) is 5.69 Å². The summed E-state index contributed by atoms with van der Waals surface area (Å²) in [5.74, 6) is -0.252. The fourth-order valence-electron chi connectivity index (χ4n) is 2.45. The van der Waals surface area contributed by atoms with Crippen molar-refractivity contribution in [3.63, 3.8) is 0 Å². The second kappa shape index (κ2) is 5.42. The van der Waals surface area contributed by atoms with E-state index >= 15 is 0 Å². The number of hydrogen-bond donors (Lipinski definition) is 1. The SMILES string of the molecule is CC(C)c1ccc(N2CCC(C(=O)O)CC2)cc1. The summed E-state index contributed by atoms with van der Waals surface area (Å²) < 4.78 is 0. The highest BCUT2D eigenvalue weighted by atomic mass is 16.4. The van der Waals surface area contributed by atoms with E-state index in [0.29, 0.717) is 5.92 Å². The summed E-state index contributed by atoms with van der Waals surface area (Å²) in [6.45, 7) is 6.07. The molecule has 1 saturated heterocycles. The van der Waals surface area contributed by atoms with E-state index in [9.17, 15) is 4.79 Å². The monoisotopic (exact) mass is 247 g/mol. The van der Waals surface area contributed by atoms with Crippen LogP contribution in [0.25, 0.3) is 0 Å². The van der Waals surface area contributed by atoms with Crippen LogP contribution in [0.1, 0.15) is 38.2 Å². The minimum Gasteiger partial charge on any atom is -0.481 e. The summed E-state index contributed by atoms with van der Waals surface area (Å²) in [6, 6.07) is 8.64. The van der Waals surface area contributed by atoms with Gasteiger partial charge in [-0.05, 0) is 36.5 Å². The number of aliphatic carboxylic acids is 1. The smallest absolute Gasteiger partial charge is 0.306 e. The molecule has 18 heavy (non-hydrogen) atoms. The number of piperidine rings is 1. The van der Waals surface area contributed by atoms with Gasteiger partial charge >= 0.3 is 5.97 Å². The van der Waals surface area contributed by atoms with Crippen LogP contribution in [-0.4, -0.2) is 24.2 Å². The number of nitrogens with zero attached hydrogens (tertiary/aromatic N) is 1. The van der Waals surface area contributed by atoms with Crippen LogP contribution in [0.3, 0.4) is 0 Å². The molecule has 1 fully saturated rings. The van der Waals surface area contributed by atoms with E-state index in [2.05, 4.69) is 43.0 Å². The van der Waals surface area contributed by atoms with Gasteiger partial charge in [0.15, 0.2) is 0 Å². The number of carboxylic acids is 1. The third-order valence-electron chi connectivity index (χ3n) is 3.77. The molecule has 98 valence electrons. The summed E-state index contributed by atoms with van der Waals surface area (Å²) in [5, 5.41) is 8.97. The molecule has 1 aromatic carbocycles. The zero-order valence-electron chi connectivity index (χ0n) is 11.1. The van der Waals surface area contributed by atoms with Gasteiger partial charge in [0.1, 0.15) is 0 Å². The molecule has 2 rings (SSSR count).